The van der Waals surface area contributed by atoms with Crippen LogP contribution in [0.3, 0.4) is 0 Å². The molecule has 0 amide bonds. The van der Waals surface area contributed by atoms with Crippen LogP contribution in [0, 0.1) is 5.92 Å². The van der Waals surface area contributed by atoms with Crippen LogP contribution in [-0.2, 0) is 19.4 Å². The van der Waals surface area contributed by atoms with E-state index >= 15 is 0 Å². The average Bonchev–Trinajstić information content (AvgIpc) is 2.92. The van der Waals surface area contributed by atoms with Crippen molar-refractivity contribution < 1.29 is 0 Å². The number of nitrogens with one attached hydrogen (secondary N) is 2. The standard InChI is InChI=1S/C16H22N4S/c1-11(2)9-14-19-20-16(21-14)18-10-13-6-3-5-12-7-4-8-17-15(12)13/h3,5-6,11,17H,4,7-10H2,1-2H3,(H,18,20). The number of fused-ring (bicyclic) bond motifs is 1. The molecule has 0 bridgehead atoms. The molecule has 0 spiro atoms. The predicted molar refractivity (Wildman–Crippen MR) is 89.0 cm³/mol. The Labute approximate surface area is 130 Å². The van der Waals surface area contributed by atoms with Crippen LogP contribution in [0.15, 0.2) is 18.2 Å². The van der Waals surface area contributed by atoms with E-state index in [2.05, 4.69) is 52.9 Å². The highest BCUT2D eigenvalue weighted by molar-refractivity contribution is 7.15. The van der Waals surface area contributed by atoms with Gasteiger partial charge in [-0.15, -0.1) is 10.2 Å². The fraction of sp³-hybridized carbons (Fsp3) is 0.500. The zero-order valence-corrected chi connectivity index (χ0v) is 13.5. The molecular formula is C16H22N4S. The Bertz CT molecular complexity index is 606. The molecule has 1 aliphatic heterocycles. The van der Waals surface area contributed by atoms with Crippen molar-refractivity contribution in [3.05, 3.63) is 34.3 Å². The van der Waals surface area contributed by atoms with E-state index in [-0.39, 0.29) is 0 Å². The van der Waals surface area contributed by atoms with Gasteiger partial charge in [0, 0.05) is 25.2 Å². The van der Waals surface area contributed by atoms with Crippen molar-refractivity contribution in [2.75, 3.05) is 17.2 Å². The van der Waals surface area contributed by atoms with E-state index in [1.54, 1.807) is 11.3 Å². The number of aryl methyl sites for hydroxylation is 1. The van der Waals surface area contributed by atoms with Gasteiger partial charge >= 0.3 is 0 Å². The van der Waals surface area contributed by atoms with E-state index in [1.165, 1.54) is 29.7 Å². The van der Waals surface area contributed by atoms with Crippen molar-refractivity contribution in [2.45, 2.75) is 39.7 Å². The maximum atomic E-state index is 4.25. The van der Waals surface area contributed by atoms with Crippen molar-refractivity contribution in [1.82, 2.24) is 10.2 Å². The molecular weight excluding hydrogens is 280 g/mol. The molecule has 112 valence electrons. The first kappa shape index (κ1) is 14.3. The summed E-state index contributed by atoms with van der Waals surface area (Å²) in [4.78, 5) is 0. The fourth-order valence-electron chi connectivity index (χ4n) is 2.66. The van der Waals surface area contributed by atoms with E-state index < -0.39 is 0 Å². The summed E-state index contributed by atoms with van der Waals surface area (Å²) in [6, 6.07) is 6.55. The molecule has 1 aliphatic rings. The summed E-state index contributed by atoms with van der Waals surface area (Å²) in [7, 11) is 0. The quantitative estimate of drug-likeness (QED) is 0.884. The lowest BCUT2D eigenvalue weighted by atomic mass is 9.99. The summed E-state index contributed by atoms with van der Waals surface area (Å²) in [5, 5.41) is 17.4. The molecule has 3 rings (SSSR count). The first-order valence-electron chi connectivity index (χ1n) is 7.63. The molecule has 4 nitrogen and oxygen atoms in total. The third kappa shape index (κ3) is 3.53. The highest BCUT2D eigenvalue weighted by Gasteiger charge is 2.12. The van der Waals surface area contributed by atoms with Crippen LogP contribution in [0.5, 0.6) is 0 Å². The number of para-hydroxylation sites is 1. The summed E-state index contributed by atoms with van der Waals surface area (Å²) < 4.78 is 0. The van der Waals surface area contributed by atoms with Gasteiger partial charge in [-0.1, -0.05) is 43.4 Å². The van der Waals surface area contributed by atoms with E-state index in [0.29, 0.717) is 5.92 Å². The van der Waals surface area contributed by atoms with Gasteiger partial charge in [-0.05, 0) is 29.9 Å². The van der Waals surface area contributed by atoms with E-state index in [0.717, 1.165) is 29.6 Å². The smallest absolute Gasteiger partial charge is 0.205 e. The maximum Gasteiger partial charge on any atom is 0.205 e. The molecule has 0 saturated carbocycles. The second-order valence-corrected chi connectivity index (χ2v) is 7.00. The Kier molecular flexibility index (Phi) is 4.39. The SMILES string of the molecule is CC(C)Cc1nnc(NCc2cccc3c2NCCC3)s1. The fourth-order valence-corrected chi connectivity index (χ4v) is 3.60. The largest absolute Gasteiger partial charge is 0.385 e. The Hall–Kier alpha value is -1.62. The molecule has 0 unspecified atom stereocenters. The van der Waals surface area contributed by atoms with Crippen LogP contribution >= 0.6 is 11.3 Å². The minimum absolute atomic E-state index is 0.621. The van der Waals surface area contributed by atoms with Gasteiger partial charge in [-0.3, -0.25) is 0 Å². The summed E-state index contributed by atoms with van der Waals surface area (Å²) in [6.07, 6.45) is 3.40. The van der Waals surface area contributed by atoms with Crippen LogP contribution in [0.25, 0.3) is 0 Å². The van der Waals surface area contributed by atoms with Crippen molar-refractivity contribution in [3.63, 3.8) is 0 Å². The van der Waals surface area contributed by atoms with Crippen molar-refractivity contribution in [3.8, 4) is 0 Å². The molecule has 2 N–H and O–H groups in total. The Morgan fingerprint density at radius 1 is 1.33 bits per heavy atom. The van der Waals surface area contributed by atoms with Crippen LogP contribution in [0.1, 0.15) is 36.4 Å². The van der Waals surface area contributed by atoms with Crippen molar-refractivity contribution in [1.29, 1.82) is 0 Å². The topological polar surface area (TPSA) is 49.8 Å². The molecule has 5 heteroatoms. The first-order valence-corrected chi connectivity index (χ1v) is 8.45. The van der Waals surface area contributed by atoms with E-state index in [1.807, 2.05) is 0 Å². The van der Waals surface area contributed by atoms with Crippen LogP contribution in [0.4, 0.5) is 10.8 Å². The predicted octanol–water partition coefficient (Wildman–Crippen LogP) is 3.71. The number of benzene rings is 1. The van der Waals surface area contributed by atoms with Crippen LogP contribution in [-0.4, -0.2) is 16.7 Å². The number of hydrogen-bond acceptors (Lipinski definition) is 5. The minimum Gasteiger partial charge on any atom is -0.385 e. The summed E-state index contributed by atoms with van der Waals surface area (Å²) >= 11 is 1.66. The number of aromatic nitrogens is 2. The molecule has 0 aliphatic carbocycles. The first-order chi connectivity index (χ1) is 10.2. The summed E-state index contributed by atoms with van der Waals surface area (Å²) in [6.45, 7) is 6.28. The summed E-state index contributed by atoms with van der Waals surface area (Å²) in [5.74, 6) is 0.621. The zero-order valence-electron chi connectivity index (χ0n) is 12.6. The van der Waals surface area contributed by atoms with E-state index in [4.69, 9.17) is 0 Å². The lowest BCUT2D eigenvalue weighted by Crippen LogP contribution is -2.14. The van der Waals surface area contributed by atoms with Gasteiger partial charge in [0.05, 0.1) is 0 Å². The molecule has 1 aromatic heterocycles. The molecule has 21 heavy (non-hydrogen) atoms. The second kappa shape index (κ2) is 6.43. The number of nitrogens with zero attached hydrogens (tertiary/aromatic N) is 2. The number of hydrogen-bond donors (Lipinski definition) is 2. The van der Waals surface area contributed by atoms with Gasteiger partial charge in [-0.25, -0.2) is 0 Å². The molecule has 0 saturated heterocycles. The molecule has 0 radical (unpaired) electrons. The van der Waals surface area contributed by atoms with Gasteiger partial charge in [-0.2, -0.15) is 0 Å². The minimum atomic E-state index is 0.621. The zero-order chi connectivity index (χ0) is 14.7. The lowest BCUT2D eigenvalue weighted by Gasteiger charge is -2.21. The maximum absolute atomic E-state index is 4.25. The number of anilines is 2. The van der Waals surface area contributed by atoms with Gasteiger partial charge < -0.3 is 10.6 Å². The average molecular weight is 302 g/mol. The third-order valence-corrected chi connectivity index (χ3v) is 4.54. The Balaban J connectivity index is 1.66. The second-order valence-electron chi connectivity index (χ2n) is 5.93. The molecule has 0 atom stereocenters. The van der Waals surface area contributed by atoms with Gasteiger partial charge in [0.1, 0.15) is 5.01 Å². The van der Waals surface area contributed by atoms with E-state index in [9.17, 15) is 0 Å². The summed E-state index contributed by atoms with van der Waals surface area (Å²) in [5.41, 5.74) is 4.05. The molecule has 2 heterocycles. The lowest BCUT2D eigenvalue weighted by molar-refractivity contribution is 0.640. The molecule has 1 aromatic carbocycles. The van der Waals surface area contributed by atoms with Gasteiger partial charge in [0.25, 0.3) is 0 Å². The van der Waals surface area contributed by atoms with Crippen LogP contribution < -0.4 is 10.6 Å². The van der Waals surface area contributed by atoms with Crippen molar-refractivity contribution in [2.24, 2.45) is 5.92 Å². The third-order valence-electron chi connectivity index (χ3n) is 3.64. The Morgan fingerprint density at radius 2 is 2.24 bits per heavy atom. The van der Waals surface area contributed by atoms with Gasteiger partial charge in [0.2, 0.25) is 5.13 Å². The highest BCUT2D eigenvalue weighted by Crippen LogP contribution is 2.27. The monoisotopic (exact) mass is 302 g/mol. The normalized spacial score (nSPS) is 13.9. The molecule has 0 fully saturated rings. The molecule has 2 aromatic rings. The van der Waals surface area contributed by atoms with Crippen molar-refractivity contribution >= 4 is 22.2 Å². The Morgan fingerprint density at radius 3 is 3.10 bits per heavy atom. The van der Waals surface area contributed by atoms with Gasteiger partial charge in [0.15, 0.2) is 0 Å². The number of rotatable bonds is 5. The highest BCUT2D eigenvalue weighted by atomic mass is 32.1. The van der Waals surface area contributed by atoms with Crippen LogP contribution in [0.2, 0.25) is 0 Å².